The predicted octanol–water partition coefficient (Wildman–Crippen LogP) is 11.8. The van der Waals surface area contributed by atoms with E-state index in [0.717, 1.165) is 77.2 Å². The quantitative estimate of drug-likeness (QED) is 0.173. The Labute approximate surface area is 293 Å². The van der Waals surface area contributed by atoms with E-state index in [0.29, 0.717) is 17.5 Å². The molecular weight excluding hydrogens is 625 g/mol. The lowest BCUT2D eigenvalue weighted by atomic mass is 9.95. The van der Waals surface area contributed by atoms with Crippen LogP contribution >= 0.6 is 0 Å². The molecule has 10 aromatic rings. The average Bonchev–Trinajstić information content (AvgIpc) is 3.59. The number of benzene rings is 7. The van der Waals surface area contributed by atoms with Crippen LogP contribution in [0.3, 0.4) is 0 Å². The van der Waals surface area contributed by atoms with Crippen molar-refractivity contribution in [3.05, 3.63) is 170 Å². The molecule has 0 aliphatic heterocycles. The molecule has 0 saturated carbocycles. The van der Waals surface area contributed by atoms with E-state index in [1.165, 1.54) is 5.39 Å². The molecule has 51 heavy (non-hydrogen) atoms. The van der Waals surface area contributed by atoms with Crippen molar-refractivity contribution in [1.29, 1.82) is 0 Å². The molecule has 0 fully saturated rings. The minimum atomic E-state index is 0.548. The number of hydrogen-bond donors (Lipinski definition) is 0. The van der Waals surface area contributed by atoms with Gasteiger partial charge in [-0.05, 0) is 69.4 Å². The van der Waals surface area contributed by atoms with Crippen LogP contribution in [-0.2, 0) is 0 Å². The molecule has 0 amide bonds. The van der Waals surface area contributed by atoms with E-state index in [-0.39, 0.29) is 0 Å². The summed E-state index contributed by atoms with van der Waals surface area (Å²) < 4.78 is 6.60. The molecule has 0 aliphatic carbocycles. The van der Waals surface area contributed by atoms with Gasteiger partial charge in [-0.25, -0.2) is 15.0 Å². The van der Waals surface area contributed by atoms with E-state index in [2.05, 4.69) is 108 Å². The number of para-hydroxylation sites is 1. The second-order valence-corrected chi connectivity index (χ2v) is 12.7. The summed E-state index contributed by atoms with van der Waals surface area (Å²) in [5, 5.41) is 5.50. The van der Waals surface area contributed by atoms with Crippen molar-refractivity contribution in [3.63, 3.8) is 0 Å². The van der Waals surface area contributed by atoms with Crippen LogP contribution in [0, 0.1) is 0 Å². The SMILES string of the molecule is c1ccc(-c2ccc(-c3nc(-c4ccccc4)nc(-c4cc(-c5ccc6ccc7ncccc7c6c5)cc5c4oc4ccccc45)n3)cc2)cc1. The highest BCUT2D eigenvalue weighted by Crippen LogP contribution is 2.40. The summed E-state index contributed by atoms with van der Waals surface area (Å²) in [5.41, 5.74) is 9.57. The van der Waals surface area contributed by atoms with Crippen LogP contribution in [0.4, 0.5) is 0 Å². The molecule has 0 unspecified atom stereocenters. The molecule has 3 heterocycles. The number of pyridine rings is 1. The first kappa shape index (κ1) is 29.0. The van der Waals surface area contributed by atoms with E-state index in [4.69, 9.17) is 19.4 Å². The highest BCUT2D eigenvalue weighted by Gasteiger charge is 2.20. The van der Waals surface area contributed by atoms with Gasteiger partial charge in [-0.15, -0.1) is 0 Å². The maximum Gasteiger partial charge on any atom is 0.167 e. The third-order valence-electron chi connectivity index (χ3n) is 9.57. The fourth-order valence-corrected chi connectivity index (χ4v) is 7.01. The van der Waals surface area contributed by atoms with Crippen molar-refractivity contribution < 1.29 is 4.42 Å². The Morgan fingerprint density at radius 3 is 1.76 bits per heavy atom. The first-order chi connectivity index (χ1) is 25.2. The lowest BCUT2D eigenvalue weighted by molar-refractivity contribution is 0.669. The summed E-state index contributed by atoms with van der Waals surface area (Å²) in [4.78, 5) is 19.9. The van der Waals surface area contributed by atoms with Crippen molar-refractivity contribution in [2.24, 2.45) is 0 Å². The standard InChI is InChI=1S/C46H28N4O/c1-3-10-29(11-4-1)30-17-20-33(21-18-30)45-48-44(32-12-5-2-6-13-32)49-46(50-45)40-28-35(27-39-37-14-7-8-16-42(37)51-43(39)40)34-22-19-31-23-24-41-36(38(31)26-34)15-9-25-47-41/h1-28H. The maximum absolute atomic E-state index is 6.60. The van der Waals surface area contributed by atoms with E-state index >= 15 is 0 Å². The van der Waals surface area contributed by atoms with E-state index in [1.54, 1.807) is 0 Å². The Bertz CT molecular complexity index is 2900. The third-order valence-corrected chi connectivity index (χ3v) is 9.57. The van der Waals surface area contributed by atoms with E-state index < -0.39 is 0 Å². The minimum absolute atomic E-state index is 0.548. The molecule has 0 spiro atoms. The van der Waals surface area contributed by atoms with Crippen LogP contribution in [0.2, 0.25) is 0 Å². The van der Waals surface area contributed by atoms with Gasteiger partial charge in [-0.1, -0.05) is 127 Å². The second-order valence-electron chi connectivity index (χ2n) is 12.7. The van der Waals surface area contributed by atoms with Crippen molar-refractivity contribution in [3.8, 4) is 56.4 Å². The van der Waals surface area contributed by atoms with Crippen LogP contribution in [-0.4, -0.2) is 19.9 Å². The highest BCUT2D eigenvalue weighted by molar-refractivity contribution is 6.12. The Balaban J connectivity index is 1.20. The predicted molar refractivity (Wildman–Crippen MR) is 207 cm³/mol. The molecule has 0 saturated heterocycles. The molecule has 238 valence electrons. The summed E-state index contributed by atoms with van der Waals surface area (Å²) in [5.74, 6) is 1.74. The monoisotopic (exact) mass is 652 g/mol. The van der Waals surface area contributed by atoms with Crippen LogP contribution in [0.5, 0.6) is 0 Å². The fourth-order valence-electron chi connectivity index (χ4n) is 7.01. The average molecular weight is 653 g/mol. The Morgan fingerprint density at radius 1 is 0.373 bits per heavy atom. The molecule has 3 aromatic heterocycles. The Kier molecular flexibility index (Phi) is 6.74. The molecule has 5 heteroatoms. The van der Waals surface area contributed by atoms with Gasteiger partial charge >= 0.3 is 0 Å². The molecule has 0 N–H and O–H groups in total. The fraction of sp³-hybridized carbons (Fsp3) is 0. The number of aromatic nitrogens is 4. The lowest BCUT2D eigenvalue weighted by Gasteiger charge is -2.12. The molecule has 0 bridgehead atoms. The smallest absolute Gasteiger partial charge is 0.167 e. The largest absolute Gasteiger partial charge is 0.455 e. The zero-order chi connectivity index (χ0) is 33.7. The minimum Gasteiger partial charge on any atom is -0.455 e. The Morgan fingerprint density at radius 2 is 0.961 bits per heavy atom. The number of rotatable bonds is 5. The zero-order valence-electron chi connectivity index (χ0n) is 27.4. The number of furan rings is 1. The third kappa shape index (κ3) is 5.11. The second kappa shape index (κ2) is 11.9. The van der Waals surface area contributed by atoms with Gasteiger partial charge in [0.1, 0.15) is 11.2 Å². The van der Waals surface area contributed by atoms with Gasteiger partial charge in [0.15, 0.2) is 17.5 Å². The molecule has 5 nitrogen and oxygen atoms in total. The first-order valence-electron chi connectivity index (χ1n) is 17.0. The van der Waals surface area contributed by atoms with Crippen LogP contribution in [0.25, 0.3) is 100 Å². The maximum atomic E-state index is 6.60. The van der Waals surface area contributed by atoms with Gasteiger partial charge in [0.05, 0.1) is 11.1 Å². The number of nitrogens with zero attached hydrogens (tertiary/aromatic N) is 4. The van der Waals surface area contributed by atoms with Crippen LogP contribution < -0.4 is 0 Å². The lowest BCUT2D eigenvalue weighted by Crippen LogP contribution is -2.00. The summed E-state index contributed by atoms with van der Waals surface area (Å²) in [6, 6.07) is 56.3. The summed E-state index contributed by atoms with van der Waals surface area (Å²) >= 11 is 0. The van der Waals surface area contributed by atoms with Gasteiger partial charge < -0.3 is 4.42 Å². The highest BCUT2D eigenvalue weighted by atomic mass is 16.3. The summed E-state index contributed by atoms with van der Waals surface area (Å²) in [7, 11) is 0. The van der Waals surface area contributed by atoms with Crippen molar-refractivity contribution in [1.82, 2.24) is 19.9 Å². The molecule has 0 radical (unpaired) electrons. The molecule has 7 aromatic carbocycles. The normalized spacial score (nSPS) is 11.5. The molecule has 0 aliphatic rings. The van der Waals surface area contributed by atoms with Crippen molar-refractivity contribution in [2.75, 3.05) is 0 Å². The first-order valence-corrected chi connectivity index (χ1v) is 17.0. The number of fused-ring (bicyclic) bond motifs is 6. The zero-order valence-corrected chi connectivity index (χ0v) is 27.4. The van der Waals surface area contributed by atoms with Gasteiger partial charge in [0.2, 0.25) is 0 Å². The van der Waals surface area contributed by atoms with Gasteiger partial charge in [0.25, 0.3) is 0 Å². The van der Waals surface area contributed by atoms with E-state index in [1.807, 2.05) is 66.9 Å². The molecule has 10 rings (SSSR count). The topological polar surface area (TPSA) is 64.7 Å². The van der Waals surface area contributed by atoms with Crippen LogP contribution in [0.1, 0.15) is 0 Å². The summed E-state index contributed by atoms with van der Waals surface area (Å²) in [6.45, 7) is 0. The van der Waals surface area contributed by atoms with E-state index in [9.17, 15) is 0 Å². The summed E-state index contributed by atoms with van der Waals surface area (Å²) in [6.07, 6.45) is 1.84. The van der Waals surface area contributed by atoms with Gasteiger partial charge in [-0.3, -0.25) is 4.98 Å². The van der Waals surface area contributed by atoms with Crippen LogP contribution in [0.15, 0.2) is 174 Å². The van der Waals surface area contributed by atoms with Gasteiger partial charge in [0, 0.05) is 33.5 Å². The molecular formula is C46H28N4O. The van der Waals surface area contributed by atoms with Crippen molar-refractivity contribution >= 4 is 43.6 Å². The molecule has 0 atom stereocenters. The van der Waals surface area contributed by atoms with Crippen molar-refractivity contribution in [2.45, 2.75) is 0 Å². The number of hydrogen-bond acceptors (Lipinski definition) is 5. The van der Waals surface area contributed by atoms with Gasteiger partial charge in [-0.2, -0.15) is 0 Å². The Hall–Kier alpha value is -6.98.